The Morgan fingerprint density at radius 3 is 2.26 bits per heavy atom. The summed E-state index contributed by atoms with van der Waals surface area (Å²) in [5.74, 6) is -0.782. The minimum Gasteiger partial charge on any atom is -0.503 e. The van der Waals surface area contributed by atoms with Crippen LogP contribution in [0.1, 0.15) is 36.3 Å². The zero-order valence-electron chi connectivity index (χ0n) is 20.2. The lowest BCUT2D eigenvalue weighted by molar-refractivity contribution is -0.147. The third kappa shape index (κ3) is 11.0. The van der Waals surface area contributed by atoms with Gasteiger partial charge >= 0.3 is 5.97 Å². The molecule has 35 heavy (non-hydrogen) atoms. The first-order valence-corrected chi connectivity index (χ1v) is 10.8. The number of aromatic nitrogens is 1. The Morgan fingerprint density at radius 1 is 1.06 bits per heavy atom. The van der Waals surface area contributed by atoms with Crippen LogP contribution in [0.4, 0.5) is 4.39 Å². The van der Waals surface area contributed by atoms with Gasteiger partial charge in [0.25, 0.3) is 5.91 Å². The zero-order valence-corrected chi connectivity index (χ0v) is 20.2. The zero-order chi connectivity index (χ0) is 26.2. The van der Waals surface area contributed by atoms with Gasteiger partial charge in [0.15, 0.2) is 17.2 Å². The van der Waals surface area contributed by atoms with Crippen molar-refractivity contribution in [3.63, 3.8) is 0 Å². The lowest BCUT2D eigenvalue weighted by Gasteiger charge is -2.12. The van der Waals surface area contributed by atoms with Gasteiger partial charge in [-0.3, -0.25) is 9.59 Å². The number of hydrogen-bond acceptors (Lipinski definition) is 7. The van der Waals surface area contributed by atoms with Crippen LogP contribution in [0.15, 0.2) is 66.9 Å². The van der Waals surface area contributed by atoms with Crippen molar-refractivity contribution in [3.05, 3.63) is 83.9 Å². The SMILES string of the molecule is CCC(=O)OC(C)Cc1ccccc1.COc1cccc(F)c1.COc1ccnc(C(N)=O)c1O. The second-order valence-electron chi connectivity index (χ2n) is 7.08. The van der Waals surface area contributed by atoms with Gasteiger partial charge in [0.2, 0.25) is 0 Å². The molecule has 0 aliphatic heterocycles. The molecule has 1 amide bonds. The predicted molar refractivity (Wildman–Crippen MR) is 130 cm³/mol. The van der Waals surface area contributed by atoms with Gasteiger partial charge in [-0.2, -0.15) is 0 Å². The van der Waals surface area contributed by atoms with E-state index in [0.29, 0.717) is 12.2 Å². The first-order chi connectivity index (χ1) is 16.7. The summed E-state index contributed by atoms with van der Waals surface area (Å²) in [7, 11) is 2.88. The second-order valence-corrected chi connectivity index (χ2v) is 7.08. The maximum absolute atomic E-state index is 12.3. The molecule has 8 nitrogen and oxygen atoms in total. The summed E-state index contributed by atoms with van der Waals surface area (Å²) in [6.45, 7) is 3.72. The number of primary amides is 1. The van der Waals surface area contributed by atoms with Crippen molar-refractivity contribution in [3.8, 4) is 17.2 Å². The van der Waals surface area contributed by atoms with Gasteiger partial charge in [0, 0.05) is 31.2 Å². The second kappa shape index (κ2) is 15.7. The van der Waals surface area contributed by atoms with Crippen molar-refractivity contribution in [2.24, 2.45) is 5.73 Å². The lowest BCUT2D eigenvalue weighted by atomic mass is 10.1. The molecule has 3 rings (SSSR count). The van der Waals surface area contributed by atoms with E-state index in [9.17, 15) is 19.1 Å². The molecule has 0 bridgehead atoms. The molecule has 9 heteroatoms. The highest BCUT2D eigenvalue weighted by atomic mass is 19.1. The van der Waals surface area contributed by atoms with Gasteiger partial charge < -0.3 is 25.1 Å². The fraction of sp³-hybridized carbons (Fsp3) is 0.269. The van der Waals surface area contributed by atoms with E-state index < -0.39 is 5.91 Å². The van der Waals surface area contributed by atoms with Crippen molar-refractivity contribution in [1.29, 1.82) is 0 Å². The van der Waals surface area contributed by atoms with Crippen LogP contribution in [0.25, 0.3) is 0 Å². The van der Waals surface area contributed by atoms with Gasteiger partial charge in [-0.1, -0.05) is 43.3 Å². The van der Waals surface area contributed by atoms with Crippen LogP contribution < -0.4 is 15.2 Å². The molecule has 1 aromatic heterocycles. The van der Waals surface area contributed by atoms with Crippen LogP contribution in [0.5, 0.6) is 17.2 Å². The standard InChI is InChI=1S/C12H16O2.C7H7FO.C7H8N2O3/c1-3-12(13)14-10(2)9-11-7-5-4-6-8-11;1-9-7-4-2-3-6(8)5-7;1-12-4-2-3-9-5(6(4)10)7(8)11/h4-8,10H,3,9H2,1-2H3;2-5H,1H3;2-3,10H,1H3,(H2,8,11). The number of amides is 1. The number of halogens is 1. The summed E-state index contributed by atoms with van der Waals surface area (Å²) in [4.78, 5) is 25.2. The molecule has 0 aliphatic rings. The molecule has 0 radical (unpaired) electrons. The Balaban J connectivity index is 0.000000269. The molecule has 0 aliphatic carbocycles. The molecule has 3 aromatic rings. The van der Waals surface area contributed by atoms with E-state index in [1.54, 1.807) is 19.1 Å². The summed E-state index contributed by atoms with van der Waals surface area (Å²) in [6, 6.07) is 17.5. The van der Waals surface area contributed by atoms with Gasteiger partial charge in [-0.15, -0.1) is 0 Å². The van der Waals surface area contributed by atoms with Crippen molar-refractivity contribution in [2.75, 3.05) is 14.2 Å². The molecule has 0 saturated carbocycles. The van der Waals surface area contributed by atoms with Crippen LogP contribution in [0, 0.1) is 5.82 Å². The smallest absolute Gasteiger partial charge is 0.305 e. The van der Waals surface area contributed by atoms with Crippen molar-refractivity contribution in [1.82, 2.24) is 4.98 Å². The Kier molecular flexibility index (Phi) is 12.9. The number of nitrogens with zero attached hydrogens (tertiary/aromatic N) is 1. The number of pyridine rings is 1. The monoisotopic (exact) mass is 486 g/mol. The van der Waals surface area contributed by atoms with Crippen LogP contribution in [-0.4, -0.2) is 42.3 Å². The predicted octanol–water partition coefficient (Wildman–Crippen LogP) is 4.30. The Hall–Kier alpha value is -4.14. The van der Waals surface area contributed by atoms with Gasteiger partial charge in [0.05, 0.1) is 14.2 Å². The number of carbonyl (C=O) groups is 2. The third-order valence-corrected chi connectivity index (χ3v) is 4.36. The number of methoxy groups -OCH3 is 2. The van der Waals surface area contributed by atoms with E-state index in [0.717, 1.165) is 6.42 Å². The number of ether oxygens (including phenoxy) is 3. The molecule has 1 heterocycles. The highest BCUT2D eigenvalue weighted by Gasteiger charge is 2.12. The van der Waals surface area contributed by atoms with Crippen LogP contribution in [-0.2, 0) is 16.0 Å². The van der Waals surface area contributed by atoms with Crippen molar-refractivity contribution in [2.45, 2.75) is 32.8 Å². The number of esters is 1. The highest BCUT2D eigenvalue weighted by Crippen LogP contribution is 2.26. The van der Waals surface area contributed by atoms with E-state index in [-0.39, 0.29) is 35.1 Å². The summed E-state index contributed by atoms with van der Waals surface area (Å²) in [5, 5.41) is 9.27. The van der Waals surface area contributed by atoms with Gasteiger partial charge in [-0.25, -0.2) is 9.37 Å². The first kappa shape index (κ1) is 28.9. The maximum atomic E-state index is 12.3. The average molecular weight is 487 g/mol. The third-order valence-electron chi connectivity index (χ3n) is 4.36. The average Bonchev–Trinajstić information content (AvgIpc) is 2.85. The quantitative estimate of drug-likeness (QED) is 0.478. The molecule has 0 saturated heterocycles. The van der Waals surface area contributed by atoms with E-state index in [4.69, 9.17) is 19.9 Å². The normalized spacial score (nSPS) is 10.4. The van der Waals surface area contributed by atoms with E-state index in [2.05, 4.69) is 4.98 Å². The summed E-state index contributed by atoms with van der Waals surface area (Å²) in [6.07, 6.45) is 2.52. The van der Waals surface area contributed by atoms with Crippen LogP contribution in [0.2, 0.25) is 0 Å². The summed E-state index contributed by atoms with van der Waals surface area (Å²) in [5.41, 5.74) is 5.93. The largest absolute Gasteiger partial charge is 0.503 e. The lowest BCUT2D eigenvalue weighted by Crippen LogP contribution is -2.16. The number of aromatic hydroxyl groups is 1. The molecule has 0 spiro atoms. The summed E-state index contributed by atoms with van der Waals surface area (Å²) >= 11 is 0. The van der Waals surface area contributed by atoms with E-state index >= 15 is 0 Å². The molecule has 3 N–H and O–H groups in total. The summed E-state index contributed by atoms with van der Waals surface area (Å²) < 4.78 is 26.9. The highest BCUT2D eigenvalue weighted by molar-refractivity contribution is 5.94. The number of benzene rings is 2. The van der Waals surface area contributed by atoms with Crippen molar-refractivity contribution >= 4 is 11.9 Å². The molecule has 0 fully saturated rings. The number of hydrogen-bond donors (Lipinski definition) is 2. The first-order valence-electron chi connectivity index (χ1n) is 10.8. The maximum Gasteiger partial charge on any atom is 0.305 e. The molecule has 188 valence electrons. The van der Waals surface area contributed by atoms with Crippen molar-refractivity contribution < 1.29 is 33.3 Å². The molecule has 2 aromatic carbocycles. The van der Waals surface area contributed by atoms with E-state index in [1.807, 2.05) is 37.3 Å². The Morgan fingerprint density at radius 2 is 1.74 bits per heavy atom. The Bertz CT molecular complexity index is 1060. The molecule has 1 atom stereocenters. The van der Waals surface area contributed by atoms with E-state index in [1.165, 1.54) is 44.2 Å². The van der Waals surface area contributed by atoms with Crippen LogP contribution in [0.3, 0.4) is 0 Å². The molecular formula is C26H31FN2O6. The minimum absolute atomic E-state index is 0.0372. The number of carbonyl (C=O) groups excluding carboxylic acids is 2. The number of nitrogens with two attached hydrogens (primary N) is 1. The number of rotatable bonds is 7. The Labute approximate surface area is 204 Å². The molecular weight excluding hydrogens is 455 g/mol. The van der Waals surface area contributed by atoms with Gasteiger partial charge in [0.1, 0.15) is 17.7 Å². The van der Waals surface area contributed by atoms with Crippen LogP contribution >= 0.6 is 0 Å². The topological polar surface area (TPSA) is 121 Å². The fourth-order valence-electron chi connectivity index (χ4n) is 2.67. The molecule has 1 unspecified atom stereocenters. The minimum atomic E-state index is -0.786. The van der Waals surface area contributed by atoms with Gasteiger partial charge in [-0.05, 0) is 24.6 Å². The fourth-order valence-corrected chi connectivity index (χ4v) is 2.67.